The number of rotatable bonds is 3. The summed E-state index contributed by atoms with van der Waals surface area (Å²) in [6.45, 7) is 14.5. The molecule has 0 saturated heterocycles. The van der Waals surface area contributed by atoms with Gasteiger partial charge in [-0.1, -0.05) is 175 Å². The van der Waals surface area contributed by atoms with Gasteiger partial charge in [-0.3, -0.25) is 0 Å². The smallest absolute Gasteiger partial charge is 0.0663 e. The maximum absolute atomic E-state index is 2.64. The van der Waals surface area contributed by atoms with Gasteiger partial charge in [0.05, 0.1) is 33.1 Å². The average Bonchev–Trinajstić information content (AvgIpc) is 4.20. The summed E-state index contributed by atoms with van der Waals surface area (Å²) in [5.74, 6) is 0. The lowest BCUT2D eigenvalue weighted by Gasteiger charge is -2.24. The zero-order chi connectivity index (χ0) is 48.2. The van der Waals surface area contributed by atoms with Gasteiger partial charge in [0.1, 0.15) is 0 Å². The third-order valence-electron chi connectivity index (χ3n) is 18.1. The summed E-state index contributed by atoms with van der Waals surface area (Å²) in [5, 5.41) is 7.59. The fraction of sp³-hybridized carbons (Fsp3) is 0.159. The minimum atomic E-state index is -0.155. The van der Waals surface area contributed by atoms with Gasteiger partial charge in [-0.15, -0.1) is 0 Å². The van der Waals surface area contributed by atoms with Gasteiger partial charge in [0.15, 0.2) is 0 Å². The number of nitrogens with zero attached hydrogens (tertiary/aromatic N) is 3. The molecule has 0 fully saturated rings. The van der Waals surface area contributed by atoms with Crippen molar-refractivity contribution in [2.24, 2.45) is 0 Å². The quantitative estimate of drug-likeness (QED) is 0.168. The van der Waals surface area contributed by atoms with Crippen molar-refractivity contribution < 1.29 is 0 Å². The number of allylic oxidation sites excluding steroid dienone is 4. The molecule has 0 bridgehead atoms. The summed E-state index contributed by atoms with van der Waals surface area (Å²) in [4.78, 5) is 0. The van der Waals surface area contributed by atoms with Gasteiger partial charge in [-0.2, -0.15) is 0 Å². The van der Waals surface area contributed by atoms with Crippen molar-refractivity contribution in [3.8, 4) is 39.3 Å². The van der Waals surface area contributed by atoms with Gasteiger partial charge >= 0.3 is 0 Å². The van der Waals surface area contributed by atoms with Crippen LogP contribution in [-0.4, -0.2) is 13.7 Å². The molecule has 3 nitrogen and oxygen atoms in total. The highest BCUT2D eigenvalue weighted by Gasteiger charge is 2.40. The number of hydrogen-bond acceptors (Lipinski definition) is 0. The van der Waals surface area contributed by atoms with Crippen LogP contribution in [0.2, 0.25) is 0 Å². The van der Waals surface area contributed by atoms with Gasteiger partial charge in [0.2, 0.25) is 0 Å². The van der Waals surface area contributed by atoms with Gasteiger partial charge in [-0.05, 0) is 134 Å². The van der Waals surface area contributed by atoms with Gasteiger partial charge in [-0.25, -0.2) is 0 Å². The lowest BCUT2D eigenvalue weighted by atomic mass is 9.80. The minimum Gasteiger partial charge on any atom is -0.308 e. The van der Waals surface area contributed by atoms with E-state index in [2.05, 4.69) is 243 Å². The molecule has 4 aliphatic rings. The van der Waals surface area contributed by atoms with Gasteiger partial charge in [0.25, 0.3) is 0 Å². The van der Waals surface area contributed by atoms with Crippen molar-refractivity contribution >= 4 is 71.0 Å². The molecule has 72 heavy (non-hydrogen) atoms. The van der Waals surface area contributed by atoms with Crippen molar-refractivity contribution in [3.05, 3.63) is 227 Å². The maximum atomic E-state index is 2.64. The third-order valence-corrected chi connectivity index (χ3v) is 18.1. The van der Waals surface area contributed by atoms with Crippen LogP contribution in [0.15, 0.2) is 194 Å². The van der Waals surface area contributed by atoms with Crippen LogP contribution in [0.5, 0.6) is 0 Å². The number of hydrogen-bond donors (Lipinski definition) is 0. The summed E-state index contributed by atoms with van der Waals surface area (Å²) >= 11 is 0. The Labute approximate surface area is 419 Å². The lowest BCUT2D eigenvalue weighted by Crippen LogP contribution is -2.17. The molecule has 4 aliphatic carbocycles. The zero-order valence-corrected chi connectivity index (χ0v) is 41.7. The van der Waals surface area contributed by atoms with E-state index in [1.807, 2.05) is 0 Å². The lowest BCUT2D eigenvalue weighted by molar-refractivity contribution is 0.651. The molecule has 3 aromatic heterocycles. The second kappa shape index (κ2) is 13.6. The van der Waals surface area contributed by atoms with E-state index in [4.69, 9.17) is 0 Å². The fourth-order valence-corrected chi connectivity index (χ4v) is 14.7. The molecule has 0 aliphatic heterocycles. The molecule has 0 saturated carbocycles. The molecule has 0 unspecified atom stereocenters. The number of aromatic nitrogens is 3. The van der Waals surface area contributed by atoms with E-state index in [0.717, 1.165) is 12.8 Å². The van der Waals surface area contributed by atoms with Gasteiger partial charge in [0, 0.05) is 65.6 Å². The molecule has 16 rings (SSSR count). The summed E-state index contributed by atoms with van der Waals surface area (Å²) < 4.78 is 7.89. The van der Waals surface area contributed by atoms with E-state index in [1.54, 1.807) is 0 Å². The SMILES string of the molecule is CC1(C)C2=C(CCC=C2)c2ccc(-n3c4ccccc4c4c3c3c5ccccc5n(-c5ccc6c(c5)C(C)(C)c5ccccc5-6)c3c3c5ccccc5n(-c5ccc6c(c5)C(C)(C)c5ccccc5-6)c43)cc21. The van der Waals surface area contributed by atoms with Crippen LogP contribution in [0.1, 0.15) is 87.8 Å². The summed E-state index contributed by atoms with van der Waals surface area (Å²) in [5.41, 5.74) is 27.2. The Morgan fingerprint density at radius 2 is 0.708 bits per heavy atom. The maximum Gasteiger partial charge on any atom is 0.0663 e. The van der Waals surface area contributed by atoms with Crippen LogP contribution < -0.4 is 0 Å². The van der Waals surface area contributed by atoms with Crippen LogP contribution in [0.25, 0.3) is 110 Å². The zero-order valence-electron chi connectivity index (χ0n) is 41.7. The van der Waals surface area contributed by atoms with Crippen molar-refractivity contribution in [2.75, 3.05) is 0 Å². The molecule has 344 valence electrons. The molecule has 0 spiro atoms. The molecule has 3 heteroatoms. The van der Waals surface area contributed by atoms with E-state index >= 15 is 0 Å². The highest BCUT2D eigenvalue weighted by Crippen LogP contribution is 2.56. The standard InChI is InChI=1S/C69H53N3/c1-67(2)52-25-13-7-19-43(52)46-34-31-40(37-55(46)67)70-58-28-16-10-22-49(58)61-64(70)62-50-23-11-17-29-59(50)71(41-32-35-47-44-20-8-14-26-53(44)68(3,4)56(47)38-41)66(62)63-51-24-12-18-30-60(51)72(65(61)63)42-33-36-48-45-21-9-15-27-54(45)69(5,6)57(48)39-42/h7-8,10-20,22-39H,9,21H2,1-6H3. The Balaban J connectivity index is 1.10. The first-order valence-electron chi connectivity index (χ1n) is 26.0. The first-order valence-corrected chi connectivity index (χ1v) is 26.0. The highest BCUT2D eigenvalue weighted by molar-refractivity contribution is 6.40. The van der Waals surface area contributed by atoms with Crippen molar-refractivity contribution in [3.63, 3.8) is 0 Å². The van der Waals surface area contributed by atoms with E-state index in [-0.39, 0.29) is 16.2 Å². The average molecular weight is 924 g/mol. The van der Waals surface area contributed by atoms with Crippen LogP contribution in [-0.2, 0) is 16.2 Å². The summed E-state index contributed by atoms with van der Waals surface area (Å²) in [7, 11) is 0. The number of para-hydroxylation sites is 3. The van der Waals surface area contributed by atoms with E-state index in [1.165, 1.54) is 149 Å². The molecular formula is C69H53N3. The Bertz CT molecular complexity index is 4390. The van der Waals surface area contributed by atoms with E-state index in [0.29, 0.717) is 0 Å². The van der Waals surface area contributed by atoms with Crippen molar-refractivity contribution in [2.45, 2.75) is 70.6 Å². The largest absolute Gasteiger partial charge is 0.308 e. The van der Waals surface area contributed by atoms with Crippen molar-refractivity contribution in [1.82, 2.24) is 13.7 Å². The van der Waals surface area contributed by atoms with E-state index < -0.39 is 0 Å². The molecule has 0 radical (unpaired) electrons. The Morgan fingerprint density at radius 1 is 0.347 bits per heavy atom. The van der Waals surface area contributed by atoms with Crippen LogP contribution in [0.3, 0.4) is 0 Å². The van der Waals surface area contributed by atoms with E-state index in [9.17, 15) is 0 Å². The molecule has 12 aromatic rings. The first-order chi connectivity index (χ1) is 35.0. The highest BCUT2D eigenvalue weighted by atomic mass is 15.0. The molecule has 9 aromatic carbocycles. The molecule has 0 N–H and O–H groups in total. The molecule has 0 amide bonds. The summed E-state index contributed by atoms with van der Waals surface area (Å²) in [6.07, 6.45) is 6.97. The monoisotopic (exact) mass is 923 g/mol. The third kappa shape index (κ3) is 4.87. The second-order valence-electron chi connectivity index (χ2n) is 22.7. The van der Waals surface area contributed by atoms with Crippen molar-refractivity contribution in [1.29, 1.82) is 0 Å². The Hall–Kier alpha value is -8.14. The number of fused-ring (bicyclic) bond motifs is 20. The second-order valence-corrected chi connectivity index (χ2v) is 22.7. The van der Waals surface area contributed by atoms with Crippen LogP contribution >= 0.6 is 0 Å². The normalized spacial score (nSPS) is 16.6. The minimum absolute atomic E-state index is 0.108. The summed E-state index contributed by atoms with van der Waals surface area (Å²) in [6, 6.07) is 67.6. The predicted octanol–water partition coefficient (Wildman–Crippen LogP) is 18.0. The molecule has 3 heterocycles. The number of benzene rings is 9. The molecular weight excluding hydrogens is 871 g/mol. The van der Waals surface area contributed by atoms with Gasteiger partial charge < -0.3 is 13.7 Å². The first kappa shape index (κ1) is 40.6. The topological polar surface area (TPSA) is 14.8 Å². The molecule has 0 atom stereocenters. The Morgan fingerprint density at radius 3 is 1.15 bits per heavy atom. The Kier molecular flexibility index (Phi) is 7.68. The van der Waals surface area contributed by atoms with Crippen LogP contribution in [0.4, 0.5) is 0 Å². The predicted molar refractivity (Wildman–Crippen MR) is 303 cm³/mol. The van der Waals surface area contributed by atoms with Crippen LogP contribution in [0, 0.1) is 0 Å². The fourth-order valence-electron chi connectivity index (χ4n) is 14.7.